The zero-order chi connectivity index (χ0) is 22.8. The number of nitrogens with one attached hydrogen (secondary N) is 2. The highest BCUT2D eigenvalue weighted by Crippen LogP contribution is 2.47. The molecule has 2 heterocycles. The van der Waals surface area contributed by atoms with Gasteiger partial charge < -0.3 is 10.6 Å². The zero-order valence-electron chi connectivity index (χ0n) is 17.8. The average molecular weight is 525 g/mol. The summed E-state index contributed by atoms with van der Waals surface area (Å²) >= 11 is 9.92. The van der Waals surface area contributed by atoms with Crippen molar-refractivity contribution in [3.8, 4) is 11.3 Å². The van der Waals surface area contributed by atoms with Gasteiger partial charge in [-0.3, -0.25) is 4.79 Å². The van der Waals surface area contributed by atoms with Crippen LogP contribution in [0.1, 0.15) is 24.3 Å². The number of halogens is 2. The molecule has 2 aromatic carbocycles. The second kappa shape index (κ2) is 9.53. The van der Waals surface area contributed by atoms with Crippen LogP contribution in [0.2, 0.25) is 5.02 Å². The van der Waals surface area contributed by atoms with Crippen molar-refractivity contribution in [2.24, 2.45) is 5.92 Å². The van der Waals surface area contributed by atoms with Crippen LogP contribution in [0.4, 0.5) is 5.82 Å². The van der Waals surface area contributed by atoms with E-state index in [4.69, 9.17) is 16.6 Å². The third-order valence-corrected chi connectivity index (χ3v) is 6.78. The van der Waals surface area contributed by atoms with Crippen molar-refractivity contribution < 1.29 is 4.79 Å². The molecule has 0 radical (unpaired) electrons. The molecule has 33 heavy (non-hydrogen) atoms. The number of nitrogens with zero attached hydrogens (tertiary/aromatic N) is 3. The van der Waals surface area contributed by atoms with Gasteiger partial charge in [-0.2, -0.15) is 9.61 Å². The number of hydrogen-bond donors (Lipinski definition) is 2. The van der Waals surface area contributed by atoms with Crippen LogP contribution in [0.25, 0.3) is 16.9 Å². The largest absolute Gasteiger partial charge is 0.370 e. The lowest BCUT2D eigenvalue weighted by atomic mass is 10.1. The van der Waals surface area contributed by atoms with Gasteiger partial charge >= 0.3 is 0 Å². The van der Waals surface area contributed by atoms with Gasteiger partial charge in [0.05, 0.1) is 16.4 Å². The Balaban J connectivity index is 1.19. The second-order valence-corrected chi connectivity index (χ2v) is 9.43. The molecular formula is C25H23BrClN5O. The molecule has 0 aliphatic heterocycles. The van der Waals surface area contributed by atoms with Gasteiger partial charge in [-0.1, -0.05) is 60.1 Å². The fourth-order valence-corrected chi connectivity index (χ4v) is 4.65. The van der Waals surface area contributed by atoms with Crippen molar-refractivity contribution in [3.05, 3.63) is 81.9 Å². The molecule has 1 fully saturated rings. The quantitative estimate of drug-likeness (QED) is 0.297. The van der Waals surface area contributed by atoms with Crippen LogP contribution in [0.5, 0.6) is 0 Å². The molecule has 8 heteroatoms. The number of amides is 1. The Morgan fingerprint density at radius 3 is 2.73 bits per heavy atom. The molecule has 168 valence electrons. The predicted molar refractivity (Wildman–Crippen MR) is 135 cm³/mol. The molecule has 0 bridgehead atoms. The Hall–Kier alpha value is -2.90. The molecule has 1 amide bonds. The fraction of sp³-hybridized carbons (Fsp3) is 0.240. The minimum atomic E-state index is 0.0970. The fourth-order valence-electron chi connectivity index (χ4n) is 4.07. The number of hydrogen-bond acceptors (Lipinski definition) is 4. The van der Waals surface area contributed by atoms with E-state index < -0.39 is 0 Å². The third-order valence-electron chi connectivity index (χ3n) is 5.89. The SMILES string of the molecule is O=C(NCCCNc1cc(-c2ccccc2Cl)nc2c(Br)cnn12)C1CC1c1ccccc1. The van der Waals surface area contributed by atoms with Gasteiger partial charge in [-0.15, -0.1) is 0 Å². The summed E-state index contributed by atoms with van der Waals surface area (Å²) in [6, 6.07) is 19.8. The Labute approximate surface area is 205 Å². The molecular weight excluding hydrogens is 502 g/mol. The molecule has 2 N–H and O–H groups in total. The van der Waals surface area contributed by atoms with Gasteiger partial charge in [-0.25, -0.2) is 4.98 Å². The molecule has 2 atom stereocenters. The molecule has 1 aliphatic carbocycles. The number of anilines is 1. The Morgan fingerprint density at radius 2 is 1.91 bits per heavy atom. The van der Waals surface area contributed by atoms with E-state index >= 15 is 0 Å². The summed E-state index contributed by atoms with van der Waals surface area (Å²) in [5, 5.41) is 11.6. The second-order valence-electron chi connectivity index (χ2n) is 8.17. The van der Waals surface area contributed by atoms with E-state index in [1.54, 1.807) is 10.7 Å². The van der Waals surface area contributed by atoms with Gasteiger partial charge in [0.1, 0.15) is 5.82 Å². The maximum atomic E-state index is 12.5. The zero-order valence-corrected chi connectivity index (χ0v) is 20.2. The lowest BCUT2D eigenvalue weighted by molar-refractivity contribution is -0.122. The number of aromatic nitrogens is 3. The predicted octanol–water partition coefficient (Wildman–Crippen LogP) is 5.53. The lowest BCUT2D eigenvalue weighted by Crippen LogP contribution is -2.27. The summed E-state index contributed by atoms with van der Waals surface area (Å²) in [4.78, 5) is 17.2. The molecule has 1 aliphatic rings. The highest BCUT2D eigenvalue weighted by molar-refractivity contribution is 9.10. The standard InChI is InChI=1S/C25H23BrClN5O/c26-20-15-30-32-23(14-22(31-24(20)32)17-9-4-5-10-21(17)27)28-11-6-12-29-25(33)19-13-18(19)16-7-2-1-3-8-16/h1-5,7-10,14-15,18-19,28H,6,11-13H2,(H,29,33). The van der Waals surface area contributed by atoms with Crippen LogP contribution in [-0.2, 0) is 4.79 Å². The number of carbonyl (C=O) groups is 1. The minimum Gasteiger partial charge on any atom is -0.370 e. The summed E-state index contributed by atoms with van der Waals surface area (Å²) in [7, 11) is 0. The molecule has 1 saturated carbocycles. The Kier molecular flexibility index (Phi) is 6.33. The monoisotopic (exact) mass is 523 g/mol. The van der Waals surface area contributed by atoms with Crippen molar-refractivity contribution in [1.29, 1.82) is 0 Å². The maximum absolute atomic E-state index is 12.5. The molecule has 6 nitrogen and oxygen atoms in total. The summed E-state index contributed by atoms with van der Waals surface area (Å²) < 4.78 is 2.57. The van der Waals surface area contributed by atoms with Crippen molar-refractivity contribution in [1.82, 2.24) is 19.9 Å². The van der Waals surface area contributed by atoms with Crippen molar-refractivity contribution in [2.45, 2.75) is 18.8 Å². The van der Waals surface area contributed by atoms with Crippen molar-refractivity contribution in [2.75, 3.05) is 18.4 Å². The Morgan fingerprint density at radius 1 is 1.12 bits per heavy atom. The summed E-state index contributed by atoms with van der Waals surface area (Å²) in [5.74, 6) is 1.42. The molecule has 2 aromatic heterocycles. The van der Waals surface area contributed by atoms with Gasteiger partial charge in [0.25, 0.3) is 0 Å². The molecule has 5 rings (SSSR count). The number of benzene rings is 2. The minimum absolute atomic E-state index is 0.0970. The van der Waals surface area contributed by atoms with E-state index in [-0.39, 0.29) is 11.8 Å². The Bertz CT molecular complexity index is 1290. The molecule has 4 aromatic rings. The highest BCUT2D eigenvalue weighted by atomic mass is 79.9. The first-order valence-corrected chi connectivity index (χ1v) is 12.1. The topological polar surface area (TPSA) is 71.3 Å². The van der Waals surface area contributed by atoms with Crippen LogP contribution in [0, 0.1) is 5.92 Å². The van der Waals surface area contributed by atoms with E-state index in [1.807, 2.05) is 48.5 Å². The third kappa shape index (κ3) is 4.75. The van der Waals surface area contributed by atoms with Gasteiger partial charge in [0.2, 0.25) is 5.91 Å². The summed E-state index contributed by atoms with van der Waals surface area (Å²) in [6.07, 6.45) is 3.45. The lowest BCUT2D eigenvalue weighted by Gasteiger charge is -2.12. The maximum Gasteiger partial charge on any atom is 0.223 e. The average Bonchev–Trinajstić information content (AvgIpc) is 3.56. The first-order valence-electron chi connectivity index (χ1n) is 11.0. The van der Waals surface area contributed by atoms with Crippen LogP contribution in [-0.4, -0.2) is 33.6 Å². The van der Waals surface area contributed by atoms with Crippen LogP contribution < -0.4 is 10.6 Å². The van der Waals surface area contributed by atoms with Crippen LogP contribution in [0.15, 0.2) is 71.3 Å². The van der Waals surface area contributed by atoms with Crippen molar-refractivity contribution in [3.63, 3.8) is 0 Å². The van der Waals surface area contributed by atoms with Gasteiger partial charge in [-0.05, 0) is 46.3 Å². The molecule has 0 spiro atoms. The van der Waals surface area contributed by atoms with E-state index in [9.17, 15) is 4.79 Å². The smallest absolute Gasteiger partial charge is 0.223 e. The first kappa shape index (κ1) is 21.9. The summed E-state index contributed by atoms with van der Waals surface area (Å²) in [6.45, 7) is 1.31. The summed E-state index contributed by atoms with van der Waals surface area (Å²) in [5.41, 5.74) is 3.60. The van der Waals surface area contributed by atoms with Gasteiger partial charge in [0.15, 0.2) is 5.65 Å². The van der Waals surface area contributed by atoms with E-state index in [0.717, 1.165) is 34.4 Å². The number of fused-ring (bicyclic) bond motifs is 1. The number of carbonyl (C=O) groups excluding carboxylic acids is 1. The highest BCUT2D eigenvalue weighted by Gasteiger charge is 2.43. The van der Waals surface area contributed by atoms with Gasteiger partial charge in [0, 0.05) is 35.7 Å². The number of rotatable bonds is 8. The van der Waals surface area contributed by atoms with Crippen molar-refractivity contribution >= 4 is 44.9 Å². The molecule has 0 saturated heterocycles. The van der Waals surface area contributed by atoms with E-state index in [0.29, 0.717) is 29.7 Å². The van der Waals surface area contributed by atoms with E-state index in [1.165, 1.54) is 5.56 Å². The van der Waals surface area contributed by atoms with Crippen LogP contribution >= 0.6 is 27.5 Å². The first-order chi connectivity index (χ1) is 16.1. The normalized spacial score (nSPS) is 17.2. The van der Waals surface area contributed by atoms with E-state index in [2.05, 4.69) is 43.8 Å². The van der Waals surface area contributed by atoms with Crippen LogP contribution in [0.3, 0.4) is 0 Å². The molecule has 2 unspecified atom stereocenters.